The summed E-state index contributed by atoms with van der Waals surface area (Å²) in [7, 11) is 0. The topological polar surface area (TPSA) is 59.8 Å². The van der Waals surface area contributed by atoms with Gasteiger partial charge in [0.15, 0.2) is 11.6 Å². The maximum absolute atomic E-state index is 14.9. The van der Waals surface area contributed by atoms with Gasteiger partial charge in [0.2, 0.25) is 5.95 Å². The predicted octanol–water partition coefficient (Wildman–Crippen LogP) is 6.05. The van der Waals surface area contributed by atoms with Gasteiger partial charge in [0.1, 0.15) is 11.9 Å². The highest BCUT2D eigenvalue weighted by molar-refractivity contribution is 6.42. The van der Waals surface area contributed by atoms with E-state index < -0.39 is 11.9 Å². The molecular weight excluding hydrogens is 438 g/mol. The number of aromatic nitrogens is 3. The Kier molecular flexibility index (Phi) is 4.68. The van der Waals surface area contributed by atoms with Crippen molar-refractivity contribution < 1.29 is 9.18 Å². The number of rotatable bonds is 2. The SMILES string of the molecule is CC1(C)CC(=O)C2=C(C1)Nc1nc(-c3ccc(Cl)c(Cl)c3)nn1C2c1ccccc1F. The van der Waals surface area contributed by atoms with Crippen molar-refractivity contribution in [2.45, 2.75) is 32.7 Å². The Morgan fingerprint density at radius 3 is 2.65 bits per heavy atom. The summed E-state index contributed by atoms with van der Waals surface area (Å²) in [6.45, 7) is 4.10. The fourth-order valence-corrected chi connectivity index (χ4v) is 4.65. The molecule has 0 radical (unpaired) electrons. The molecule has 2 aliphatic rings. The summed E-state index contributed by atoms with van der Waals surface area (Å²) in [5, 5.41) is 8.75. The second-order valence-electron chi connectivity index (χ2n) is 8.71. The van der Waals surface area contributed by atoms with Gasteiger partial charge in [-0.3, -0.25) is 4.79 Å². The molecule has 31 heavy (non-hydrogen) atoms. The van der Waals surface area contributed by atoms with E-state index in [-0.39, 0.29) is 11.2 Å². The van der Waals surface area contributed by atoms with Crippen LogP contribution in [0.5, 0.6) is 0 Å². The van der Waals surface area contributed by atoms with Crippen molar-refractivity contribution in [3.05, 3.63) is 75.2 Å². The first-order chi connectivity index (χ1) is 14.7. The molecule has 5 rings (SSSR count). The van der Waals surface area contributed by atoms with Crippen LogP contribution in [0.4, 0.5) is 10.3 Å². The summed E-state index contributed by atoms with van der Waals surface area (Å²) in [5.74, 6) is 0.466. The average molecular weight is 457 g/mol. The first-order valence-corrected chi connectivity index (χ1v) is 10.7. The van der Waals surface area contributed by atoms with Crippen molar-refractivity contribution in [2.75, 3.05) is 5.32 Å². The molecule has 1 aliphatic carbocycles. The number of Topliss-reactive ketones (excluding diaryl/α,β-unsaturated/α-hetero) is 1. The van der Waals surface area contributed by atoms with Gasteiger partial charge < -0.3 is 5.32 Å². The lowest BCUT2D eigenvalue weighted by Gasteiger charge is -2.38. The number of benzene rings is 2. The largest absolute Gasteiger partial charge is 0.328 e. The zero-order valence-corrected chi connectivity index (χ0v) is 18.4. The van der Waals surface area contributed by atoms with Crippen LogP contribution in [-0.2, 0) is 4.79 Å². The van der Waals surface area contributed by atoms with E-state index in [4.69, 9.17) is 23.2 Å². The molecule has 1 unspecified atom stereocenters. The molecule has 2 aromatic carbocycles. The number of nitrogens with one attached hydrogen (secondary N) is 1. The number of allylic oxidation sites excluding steroid dienone is 2. The van der Waals surface area contributed by atoms with E-state index in [1.54, 1.807) is 41.1 Å². The van der Waals surface area contributed by atoms with Crippen LogP contribution >= 0.6 is 23.2 Å². The van der Waals surface area contributed by atoms with Gasteiger partial charge in [0, 0.05) is 28.8 Å². The molecule has 1 atom stereocenters. The van der Waals surface area contributed by atoms with Crippen molar-refractivity contribution in [1.29, 1.82) is 0 Å². The van der Waals surface area contributed by atoms with Crippen LogP contribution in [-0.4, -0.2) is 20.5 Å². The zero-order chi connectivity index (χ0) is 21.9. The Bertz CT molecular complexity index is 1260. The second kappa shape index (κ2) is 7.18. The van der Waals surface area contributed by atoms with Gasteiger partial charge in [-0.15, -0.1) is 5.10 Å². The van der Waals surface area contributed by atoms with Gasteiger partial charge in [0.25, 0.3) is 0 Å². The number of ketones is 1. The lowest BCUT2D eigenvalue weighted by atomic mass is 9.73. The third-order valence-electron chi connectivity index (χ3n) is 5.71. The van der Waals surface area contributed by atoms with Gasteiger partial charge in [-0.2, -0.15) is 4.98 Å². The summed E-state index contributed by atoms with van der Waals surface area (Å²) in [4.78, 5) is 17.8. The number of nitrogens with zero attached hydrogens (tertiary/aromatic N) is 3. The fraction of sp³-hybridized carbons (Fsp3) is 0.261. The van der Waals surface area contributed by atoms with Gasteiger partial charge in [-0.05, 0) is 36.1 Å². The lowest BCUT2D eigenvalue weighted by Crippen LogP contribution is -2.36. The highest BCUT2D eigenvalue weighted by Crippen LogP contribution is 2.46. The van der Waals surface area contributed by atoms with Crippen molar-refractivity contribution >= 4 is 34.9 Å². The normalized spacial score (nSPS) is 19.6. The molecule has 1 N–H and O–H groups in total. The number of carbonyl (C=O) groups excluding carboxylic acids is 1. The van der Waals surface area contributed by atoms with Crippen LogP contribution in [0.2, 0.25) is 10.0 Å². The molecule has 8 heteroatoms. The summed E-state index contributed by atoms with van der Waals surface area (Å²) in [5.41, 5.74) is 2.18. The van der Waals surface area contributed by atoms with Crippen LogP contribution < -0.4 is 5.32 Å². The van der Waals surface area contributed by atoms with Crippen molar-refractivity contribution in [2.24, 2.45) is 5.41 Å². The summed E-state index contributed by atoms with van der Waals surface area (Å²) >= 11 is 12.2. The molecule has 0 bridgehead atoms. The number of hydrogen-bond acceptors (Lipinski definition) is 4. The lowest BCUT2D eigenvalue weighted by molar-refractivity contribution is -0.118. The van der Waals surface area contributed by atoms with E-state index in [0.29, 0.717) is 51.4 Å². The Hall–Kier alpha value is -2.70. The van der Waals surface area contributed by atoms with Gasteiger partial charge >= 0.3 is 0 Å². The average Bonchev–Trinajstić information content (AvgIpc) is 3.12. The minimum Gasteiger partial charge on any atom is -0.328 e. The predicted molar refractivity (Wildman–Crippen MR) is 119 cm³/mol. The van der Waals surface area contributed by atoms with E-state index in [9.17, 15) is 9.18 Å². The highest BCUT2D eigenvalue weighted by Gasteiger charge is 2.42. The zero-order valence-electron chi connectivity index (χ0n) is 16.9. The smallest absolute Gasteiger partial charge is 0.226 e. The quantitative estimate of drug-likeness (QED) is 0.509. The van der Waals surface area contributed by atoms with Crippen LogP contribution in [0.25, 0.3) is 11.4 Å². The number of carbonyl (C=O) groups is 1. The molecule has 2 heterocycles. The minimum absolute atomic E-state index is 0.00996. The fourth-order valence-electron chi connectivity index (χ4n) is 4.35. The molecule has 0 fully saturated rings. The molecule has 1 aliphatic heterocycles. The van der Waals surface area contributed by atoms with E-state index in [0.717, 1.165) is 5.70 Å². The molecule has 0 saturated carbocycles. The monoisotopic (exact) mass is 456 g/mol. The summed E-state index contributed by atoms with van der Waals surface area (Å²) < 4.78 is 16.5. The molecule has 1 aromatic heterocycles. The second-order valence-corrected chi connectivity index (χ2v) is 9.53. The molecule has 0 saturated heterocycles. The number of fused-ring (bicyclic) bond motifs is 1. The highest BCUT2D eigenvalue weighted by atomic mass is 35.5. The standard InChI is InChI=1S/C23H19Cl2FN4O/c1-23(2)10-17-19(18(31)11-23)20(13-5-3-4-6-16(13)26)30-22(27-17)28-21(29-30)12-7-8-14(24)15(25)9-12/h3-9,20H,10-11H2,1-2H3,(H,27,28,29). The van der Waals surface area contributed by atoms with Crippen LogP contribution in [0.1, 0.15) is 38.3 Å². The van der Waals surface area contributed by atoms with Crippen molar-refractivity contribution in [3.63, 3.8) is 0 Å². The summed E-state index contributed by atoms with van der Waals surface area (Å²) in [6.07, 6.45) is 1.05. The van der Waals surface area contributed by atoms with E-state index in [1.807, 2.05) is 0 Å². The molecular formula is C23H19Cl2FN4O. The molecule has 158 valence electrons. The van der Waals surface area contributed by atoms with Crippen LogP contribution in [0.3, 0.4) is 0 Å². The number of halogens is 3. The van der Waals surface area contributed by atoms with Crippen LogP contribution in [0, 0.1) is 11.2 Å². The Morgan fingerprint density at radius 2 is 1.90 bits per heavy atom. The minimum atomic E-state index is -0.694. The maximum atomic E-state index is 14.9. The Balaban J connectivity index is 1.70. The number of anilines is 1. The maximum Gasteiger partial charge on any atom is 0.226 e. The third-order valence-corrected chi connectivity index (χ3v) is 6.45. The first-order valence-electron chi connectivity index (χ1n) is 9.93. The Labute approximate surface area is 188 Å². The Morgan fingerprint density at radius 1 is 1.13 bits per heavy atom. The van der Waals surface area contributed by atoms with Gasteiger partial charge in [0.05, 0.1) is 10.0 Å². The molecule has 0 spiro atoms. The van der Waals surface area contributed by atoms with Gasteiger partial charge in [-0.1, -0.05) is 55.2 Å². The molecule has 0 amide bonds. The van der Waals surface area contributed by atoms with E-state index in [2.05, 4.69) is 29.2 Å². The summed E-state index contributed by atoms with van der Waals surface area (Å²) in [6, 6.07) is 10.9. The first kappa shape index (κ1) is 20.2. The van der Waals surface area contributed by atoms with Crippen LogP contribution in [0.15, 0.2) is 53.7 Å². The van der Waals surface area contributed by atoms with E-state index in [1.165, 1.54) is 6.07 Å². The number of hydrogen-bond donors (Lipinski definition) is 1. The molecule has 3 aromatic rings. The van der Waals surface area contributed by atoms with E-state index >= 15 is 0 Å². The van der Waals surface area contributed by atoms with Gasteiger partial charge in [-0.25, -0.2) is 9.07 Å². The van der Waals surface area contributed by atoms with Crippen molar-refractivity contribution in [1.82, 2.24) is 14.8 Å². The third kappa shape index (κ3) is 3.44. The van der Waals surface area contributed by atoms with Crippen molar-refractivity contribution in [3.8, 4) is 11.4 Å². The molecule has 5 nitrogen and oxygen atoms in total.